The van der Waals surface area contributed by atoms with Crippen LogP contribution in [0, 0.1) is 5.92 Å². The van der Waals surface area contributed by atoms with Gasteiger partial charge in [0.05, 0.1) is 5.92 Å². The van der Waals surface area contributed by atoms with E-state index < -0.39 is 12.1 Å². The molecule has 0 heterocycles. The molecule has 0 aliphatic heterocycles. The summed E-state index contributed by atoms with van der Waals surface area (Å²) in [6.45, 7) is 2.96. The summed E-state index contributed by atoms with van der Waals surface area (Å²) in [4.78, 5) is 11.4. The number of nitrogens with one attached hydrogen (secondary N) is 1. The first kappa shape index (κ1) is 20.3. The molecule has 0 aromatic rings. The Morgan fingerprint density at radius 3 is 1.90 bits per heavy atom. The molecule has 0 saturated carbocycles. The maximum atomic E-state index is 12.3. The van der Waals surface area contributed by atoms with E-state index in [1.54, 1.807) is 0 Å². The minimum absolute atomic E-state index is 0.269. The molecule has 0 aliphatic rings. The van der Waals surface area contributed by atoms with Crippen molar-refractivity contribution in [1.29, 1.82) is 0 Å². The molecular formula is C16H30F3NO. The number of unbranched alkanes of at least 4 members (excludes halogenated alkanes) is 8. The van der Waals surface area contributed by atoms with Gasteiger partial charge in [0.15, 0.2) is 0 Å². The highest BCUT2D eigenvalue weighted by Crippen LogP contribution is 2.24. The lowest BCUT2D eigenvalue weighted by Gasteiger charge is -2.15. The van der Waals surface area contributed by atoms with E-state index >= 15 is 0 Å². The van der Waals surface area contributed by atoms with Gasteiger partial charge in [-0.15, -0.1) is 0 Å². The lowest BCUT2D eigenvalue weighted by Crippen LogP contribution is -2.34. The second-order valence-electron chi connectivity index (χ2n) is 5.83. The Labute approximate surface area is 126 Å². The van der Waals surface area contributed by atoms with Crippen LogP contribution >= 0.6 is 0 Å². The molecular weight excluding hydrogens is 279 g/mol. The largest absolute Gasteiger partial charge is 0.393 e. The zero-order chi connectivity index (χ0) is 16.1. The van der Waals surface area contributed by atoms with Crippen LogP contribution in [0.1, 0.15) is 78.1 Å². The Hall–Kier alpha value is -0.740. The number of rotatable bonds is 12. The zero-order valence-corrected chi connectivity index (χ0v) is 13.4. The van der Waals surface area contributed by atoms with Crippen LogP contribution < -0.4 is 5.32 Å². The standard InChI is InChI=1S/C16H30F3NO/c1-3-4-5-6-7-8-9-10-11-12-15(21)20-13-14(2)16(17,18)19/h14H,3-13H2,1-2H3,(H,20,21). The van der Waals surface area contributed by atoms with Gasteiger partial charge >= 0.3 is 6.18 Å². The minimum Gasteiger partial charge on any atom is -0.355 e. The Morgan fingerprint density at radius 1 is 0.952 bits per heavy atom. The molecule has 0 rings (SSSR count). The van der Waals surface area contributed by atoms with E-state index in [2.05, 4.69) is 12.2 Å². The summed E-state index contributed by atoms with van der Waals surface area (Å²) < 4.78 is 36.8. The van der Waals surface area contributed by atoms with E-state index in [1.807, 2.05) is 0 Å². The number of carbonyl (C=O) groups is 1. The van der Waals surface area contributed by atoms with Gasteiger partial charge in [-0.2, -0.15) is 13.2 Å². The monoisotopic (exact) mass is 309 g/mol. The van der Waals surface area contributed by atoms with E-state index in [-0.39, 0.29) is 12.5 Å². The van der Waals surface area contributed by atoms with Crippen molar-refractivity contribution in [2.75, 3.05) is 6.54 Å². The fourth-order valence-corrected chi connectivity index (χ4v) is 2.07. The Bertz CT molecular complexity index is 267. The van der Waals surface area contributed by atoms with Gasteiger partial charge in [0.1, 0.15) is 0 Å². The summed E-state index contributed by atoms with van der Waals surface area (Å²) in [5.74, 6) is -1.75. The quantitative estimate of drug-likeness (QED) is 0.492. The van der Waals surface area contributed by atoms with Crippen molar-refractivity contribution in [3.63, 3.8) is 0 Å². The molecule has 0 fully saturated rings. The van der Waals surface area contributed by atoms with Gasteiger partial charge in [-0.3, -0.25) is 4.79 Å². The molecule has 21 heavy (non-hydrogen) atoms. The van der Waals surface area contributed by atoms with Crippen molar-refractivity contribution in [3.05, 3.63) is 0 Å². The summed E-state index contributed by atoms with van der Waals surface area (Å²) in [6.07, 6.45) is 6.53. The zero-order valence-electron chi connectivity index (χ0n) is 13.4. The smallest absolute Gasteiger partial charge is 0.355 e. The molecule has 0 bridgehead atoms. The van der Waals surface area contributed by atoms with Gasteiger partial charge in [0, 0.05) is 13.0 Å². The number of alkyl halides is 3. The number of amides is 1. The first-order valence-corrected chi connectivity index (χ1v) is 8.21. The maximum absolute atomic E-state index is 12.3. The van der Waals surface area contributed by atoms with Gasteiger partial charge < -0.3 is 5.32 Å². The van der Waals surface area contributed by atoms with Crippen LogP contribution in [0.4, 0.5) is 13.2 Å². The highest BCUT2D eigenvalue weighted by molar-refractivity contribution is 5.75. The van der Waals surface area contributed by atoms with Crippen LogP contribution in [0.25, 0.3) is 0 Å². The minimum atomic E-state index is -4.23. The van der Waals surface area contributed by atoms with Crippen molar-refractivity contribution in [3.8, 4) is 0 Å². The third-order valence-electron chi connectivity index (χ3n) is 3.67. The first-order chi connectivity index (χ1) is 9.88. The van der Waals surface area contributed by atoms with E-state index in [0.717, 1.165) is 26.2 Å². The molecule has 2 nitrogen and oxygen atoms in total. The highest BCUT2D eigenvalue weighted by Gasteiger charge is 2.35. The van der Waals surface area contributed by atoms with Crippen LogP contribution in [-0.4, -0.2) is 18.6 Å². The van der Waals surface area contributed by atoms with Crippen molar-refractivity contribution in [2.24, 2.45) is 5.92 Å². The van der Waals surface area contributed by atoms with Crippen molar-refractivity contribution < 1.29 is 18.0 Å². The Morgan fingerprint density at radius 2 is 1.43 bits per heavy atom. The average Bonchev–Trinajstić information content (AvgIpc) is 2.41. The predicted octanol–water partition coefficient (Wildman–Crippen LogP) is 5.22. The average molecular weight is 309 g/mol. The highest BCUT2D eigenvalue weighted by atomic mass is 19.4. The topological polar surface area (TPSA) is 29.1 Å². The maximum Gasteiger partial charge on any atom is 0.393 e. The van der Waals surface area contributed by atoms with Crippen LogP contribution in [0.15, 0.2) is 0 Å². The fraction of sp³-hybridized carbons (Fsp3) is 0.938. The molecule has 0 radical (unpaired) electrons. The molecule has 1 unspecified atom stereocenters. The van der Waals surface area contributed by atoms with Crippen LogP contribution in [0.3, 0.4) is 0 Å². The fourth-order valence-electron chi connectivity index (χ4n) is 2.07. The SMILES string of the molecule is CCCCCCCCCCCC(=O)NCC(C)C(F)(F)F. The first-order valence-electron chi connectivity index (χ1n) is 8.21. The predicted molar refractivity (Wildman–Crippen MR) is 80.1 cm³/mol. The molecule has 0 aromatic heterocycles. The van der Waals surface area contributed by atoms with Gasteiger partial charge in [0.25, 0.3) is 0 Å². The van der Waals surface area contributed by atoms with E-state index in [9.17, 15) is 18.0 Å². The van der Waals surface area contributed by atoms with E-state index in [0.29, 0.717) is 6.42 Å². The third kappa shape index (κ3) is 12.7. The summed E-state index contributed by atoms with van der Waals surface area (Å²) in [5.41, 5.74) is 0. The normalized spacial score (nSPS) is 13.2. The summed E-state index contributed by atoms with van der Waals surface area (Å²) in [5, 5.41) is 2.36. The summed E-state index contributed by atoms with van der Waals surface area (Å²) in [7, 11) is 0. The molecule has 1 amide bonds. The van der Waals surface area contributed by atoms with Gasteiger partial charge in [-0.25, -0.2) is 0 Å². The second kappa shape index (κ2) is 11.9. The van der Waals surface area contributed by atoms with Crippen LogP contribution in [-0.2, 0) is 4.79 Å². The lowest BCUT2D eigenvalue weighted by atomic mass is 10.1. The number of hydrogen-bond acceptors (Lipinski definition) is 1. The molecule has 126 valence electrons. The number of halogens is 3. The van der Waals surface area contributed by atoms with Crippen LogP contribution in [0.2, 0.25) is 0 Å². The molecule has 5 heteroatoms. The molecule has 0 aliphatic carbocycles. The van der Waals surface area contributed by atoms with Crippen molar-refractivity contribution in [2.45, 2.75) is 84.2 Å². The number of carbonyl (C=O) groups excluding carboxylic acids is 1. The second-order valence-corrected chi connectivity index (χ2v) is 5.83. The lowest BCUT2D eigenvalue weighted by molar-refractivity contribution is -0.168. The molecule has 1 atom stereocenters. The van der Waals surface area contributed by atoms with Gasteiger partial charge in [-0.1, -0.05) is 65.2 Å². The summed E-state index contributed by atoms with van der Waals surface area (Å²) in [6, 6.07) is 0. The van der Waals surface area contributed by atoms with Crippen molar-refractivity contribution in [1.82, 2.24) is 5.32 Å². The molecule has 1 N–H and O–H groups in total. The van der Waals surface area contributed by atoms with Gasteiger partial charge in [0.2, 0.25) is 5.91 Å². The van der Waals surface area contributed by atoms with Crippen LogP contribution in [0.5, 0.6) is 0 Å². The molecule has 0 saturated heterocycles. The van der Waals surface area contributed by atoms with Gasteiger partial charge in [-0.05, 0) is 6.42 Å². The van der Waals surface area contributed by atoms with Crippen molar-refractivity contribution >= 4 is 5.91 Å². The molecule has 0 spiro atoms. The Balaban J connectivity index is 3.38. The van der Waals surface area contributed by atoms with E-state index in [1.165, 1.54) is 38.5 Å². The summed E-state index contributed by atoms with van der Waals surface area (Å²) >= 11 is 0. The Kier molecular flexibility index (Phi) is 11.5. The number of hydrogen-bond donors (Lipinski definition) is 1. The third-order valence-corrected chi connectivity index (χ3v) is 3.67. The van der Waals surface area contributed by atoms with E-state index in [4.69, 9.17) is 0 Å². The molecule has 0 aromatic carbocycles.